The molecule has 84 valence electrons. The lowest BCUT2D eigenvalue weighted by molar-refractivity contribution is -0.154. The van der Waals surface area contributed by atoms with Crippen molar-refractivity contribution in [1.82, 2.24) is 5.32 Å². The van der Waals surface area contributed by atoms with Gasteiger partial charge >= 0.3 is 6.18 Å². The SMILES string of the molecule is CCCC(CN)NC(=O)CC(F)(F)F. The Kier molecular flexibility index (Phi) is 5.52. The smallest absolute Gasteiger partial charge is 0.352 e. The van der Waals surface area contributed by atoms with Crippen LogP contribution in [0.25, 0.3) is 0 Å². The average Bonchev–Trinajstić information content (AvgIpc) is 2.00. The molecule has 0 saturated heterocycles. The van der Waals surface area contributed by atoms with Gasteiger partial charge in [0.15, 0.2) is 0 Å². The van der Waals surface area contributed by atoms with Crippen molar-refractivity contribution in [2.45, 2.75) is 38.4 Å². The molecule has 0 aliphatic carbocycles. The van der Waals surface area contributed by atoms with E-state index >= 15 is 0 Å². The summed E-state index contributed by atoms with van der Waals surface area (Å²) in [4.78, 5) is 10.8. The fourth-order valence-electron chi connectivity index (χ4n) is 1.06. The summed E-state index contributed by atoms with van der Waals surface area (Å²) in [6, 6.07) is -0.352. The quantitative estimate of drug-likeness (QED) is 0.719. The summed E-state index contributed by atoms with van der Waals surface area (Å²) in [7, 11) is 0. The Labute approximate surface area is 80.8 Å². The Morgan fingerprint density at radius 1 is 1.50 bits per heavy atom. The third-order valence-corrected chi connectivity index (χ3v) is 1.65. The van der Waals surface area contributed by atoms with Gasteiger partial charge in [0.05, 0.1) is 0 Å². The third kappa shape index (κ3) is 6.71. The molecule has 14 heavy (non-hydrogen) atoms. The molecule has 3 N–H and O–H groups in total. The number of carbonyl (C=O) groups excluding carboxylic acids is 1. The number of rotatable bonds is 5. The van der Waals surface area contributed by atoms with Crippen LogP contribution >= 0.6 is 0 Å². The van der Waals surface area contributed by atoms with Crippen LogP contribution in [0.3, 0.4) is 0 Å². The molecule has 0 heterocycles. The van der Waals surface area contributed by atoms with Gasteiger partial charge in [-0.15, -0.1) is 0 Å². The van der Waals surface area contributed by atoms with Crippen LogP contribution in [0.5, 0.6) is 0 Å². The number of alkyl halides is 3. The van der Waals surface area contributed by atoms with Crippen molar-refractivity contribution in [2.24, 2.45) is 5.73 Å². The molecule has 0 radical (unpaired) electrons. The predicted molar refractivity (Wildman–Crippen MR) is 46.6 cm³/mol. The first kappa shape index (κ1) is 13.2. The van der Waals surface area contributed by atoms with Crippen molar-refractivity contribution in [3.63, 3.8) is 0 Å². The number of amides is 1. The van der Waals surface area contributed by atoms with Gasteiger partial charge in [-0.2, -0.15) is 13.2 Å². The first-order valence-electron chi connectivity index (χ1n) is 4.45. The van der Waals surface area contributed by atoms with Crippen LogP contribution in [-0.4, -0.2) is 24.7 Å². The zero-order valence-electron chi connectivity index (χ0n) is 8.03. The highest BCUT2D eigenvalue weighted by molar-refractivity contribution is 5.76. The minimum Gasteiger partial charge on any atom is -0.352 e. The summed E-state index contributed by atoms with van der Waals surface area (Å²) in [5.74, 6) is -1.01. The topological polar surface area (TPSA) is 55.1 Å². The van der Waals surface area contributed by atoms with Gasteiger partial charge in [0.2, 0.25) is 5.91 Å². The number of halogens is 3. The van der Waals surface area contributed by atoms with Crippen LogP contribution in [0.15, 0.2) is 0 Å². The molecule has 0 fully saturated rings. The maximum Gasteiger partial charge on any atom is 0.397 e. The lowest BCUT2D eigenvalue weighted by atomic mass is 10.1. The lowest BCUT2D eigenvalue weighted by Gasteiger charge is -2.16. The van der Waals surface area contributed by atoms with E-state index in [2.05, 4.69) is 5.32 Å². The van der Waals surface area contributed by atoms with E-state index in [0.717, 1.165) is 6.42 Å². The third-order valence-electron chi connectivity index (χ3n) is 1.65. The van der Waals surface area contributed by atoms with Crippen molar-refractivity contribution < 1.29 is 18.0 Å². The Bertz CT molecular complexity index is 182. The van der Waals surface area contributed by atoms with Gasteiger partial charge in [-0.05, 0) is 6.42 Å². The molecule has 6 heteroatoms. The maximum atomic E-state index is 11.8. The molecule has 1 atom stereocenters. The fraction of sp³-hybridized carbons (Fsp3) is 0.875. The molecule has 0 rings (SSSR count). The Balaban J connectivity index is 3.91. The number of hydrogen-bond acceptors (Lipinski definition) is 2. The maximum absolute atomic E-state index is 11.8. The molecule has 0 aliphatic rings. The van der Waals surface area contributed by atoms with Crippen molar-refractivity contribution in [2.75, 3.05) is 6.54 Å². The second-order valence-electron chi connectivity index (χ2n) is 3.08. The van der Waals surface area contributed by atoms with E-state index in [-0.39, 0.29) is 12.6 Å². The van der Waals surface area contributed by atoms with Gasteiger partial charge in [0.1, 0.15) is 6.42 Å². The van der Waals surface area contributed by atoms with Crippen LogP contribution in [0.1, 0.15) is 26.2 Å². The van der Waals surface area contributed by atoms with Crippen LogP contribution in [-0.2, 0) is 4.79 Å². The highest BCUT2D eigenvalue weighted by Gasteiger charge is 2.31. The lowest BCUT2D eigenvalue weighted by Crippen LogP contribution is -2.41. The van der Waals surface area contributed by atoms with Crippen molar-refractivity contribution in [1.29, 1.82) is 0 Å². The minimum absolute atomic E-state index is 0.164. The van der Waals surface area contributed by atoms with E-state index < -0.39 is 18.5 Å². The summed E-state index contributed by atoms with van der Waals surface area (Å²) in [5.41, 5.74) is 5.27. The molecule has 1 amide bonds. The molecule has 0 bridgehead atoms. The monoisotopic (exact) mass is 212 g/mol. The largest absolute Gasteiger partial charge is 0.397 e. The first-order chi connectivity index (χ1) is 6.39. The summed E-state index contributed by atoms with van der Waals surface area (Å²) in [6.45, 7) is 2.04. The van der Waals surface area contributed by atoms with Crippen LogP contribution in [0.4, 0.5) is 13.2 Å². The Morgan fingerprint density at radius 3 is 2.43 bits per heavy atom. The van der Waals surface area contributed by atoms with Crippen LogP contribution < -0.4 is 11.1 Å². The molecule has 0 spiro atoms. The van der Waals surface area contributed by atoms with Crippen molar-refractivity contribution in [3.8, 4) is 0 Å². The summed E-state index contributed by atoms with van der Waals surface area (Å²) < 4.78 is 35.3. The van der Waals surface area contributed by atoms with Gasteiger partial charge in [-0.3, -0.25) is 4.79 Å². The molecule has 1 unspecified atom stereocenters. The average molecular weight is 212 g/mol. The van der Waals surface area contributed by atoms with Crippen LogP contribution in [0, 0.1) is 0 Å². The van der Waals surface area contributed by atoms with E-state index in [1.807, 2.05) is 6.92 Å². The standard InChI is InChI=1S/C8H15F3N2O/c1-2-3-6(5-12)13-7(14)4-8(9,10)11/h6H,2-5,12H2,1H3,(H,13,14). The molecule has 0 aliphatic heterocycles. The van der Waals surface area contributed by atoms with Gasteiger partial charge in [-0.1, -0.05) is 13.3 Å². The van der Waals surface area contributed by atoms with E-state index in [1.54, 1.807) is 0 Å². The second-order valence-corrected chi connectivity index (χ2v) is 3.08. The summed E-state index contributed by atoms with van der Waals surface area (Å²) in [5, 5.41) is 2.24. The number of carbonyl (C=O) groups is 1. The molecule has 3 nitrogen and oxygen atoms in total. The van der Waals surface area contributed by atoms with Gasteiger partial charge in [0.25, 0.3) is 0 Å². The molecular weight excluding hydrogens is 197 g/mol. The predicted octanol–water partition coefficient (Wildman–Crippen LogP) is 1.18. The molecule has 0 aromatic carbocycles. The highest BCUT2D eigenvalue weighted by Crippen LogP contribution is 2.19. The Morgan fingerprint density at radius 2 is 2.07 bits per heavy atom. The number of nitrogens with one attached hydrogen (secondary N) is 1. The molecule has 0 aromatic rings. The zero-order valence-corrected chi connectivity index (χ0v) is 8.03. The highest BCUT2D eigenvalue weighted by atomic mass is 19.4. The van der Waals surface area contributed by atoms with Gasteiger partial charge in [0, 0.05) is 12.6 Å². The van der Waals surface area contributed by atoms with Gasteiger partial charge in [-0.25, -0.2) is 0 Å². The van der Waals surface area contributed by atoms with Crippen LogP contribution in [0.2, 0.25) is 0 Å². The summed E-state index contributed by atoms with van der Waals surface area (Å²) in [6.07, 6.45) is -4.52. The van der Waals surface area contributed by atoms with E-state index in [1.165, 1.54) is 0 Å². The van der Waals surface area contributed by atoms with Crippen molar-refractivity contribution in [3.05, 3.63) is 0 Å². The Hall–Kier alpha value is -0.780. The number of nitrogens with two attached hydrogens (primary N) is 1. The van der Waals surface area contributed by atoms with E-state index in [9.17, 15) is 18.0 Å². The van der Waals surface area contributed by atoms with Crippen molar-refractivity contribution >= 4 is 5.91 Å². The molecule has 0 aromatic heterocycles. The molecular formula is C8H15F3N2O. The number of hydrogen-bond donors (Lipinski definition) is 2. The minimum atomic E-state index is -4.45. The normalized spacial score (nSPS) is 13.8. The second kappa shape index (κ2) is 5.85. The van der Waals surface area contributed by atoms with Gasteiger partial charge < -0.3 is 11.1 Å². The first-order valence-corrected chi connectivity index (χ1v) is 4.45. The van der Waals surface area contributed by atoms with E-state index in [4.69, 9.17) is 5.73 Å². The van der Waals surface area contributed by atoms with E-state index in [0.29, 0.717) is 6.42 Å². The zero-order chi connectivity index (χ0) is 11.2. The fourth-order valence-corrected chi connectivity index (χ4v) is 1.06. The summed E-state index contributed by atoms with van der Waals surface area (Å²) >= 11 is 0. The molecule has 0 saturated carbocycles.